The van der Waals surface area contributed by atoms with Crippen molar-refractivity contribution in [1.29, 1.82) is 0 Å². The largest absolute Gasteiger partial charge is 0.339 e. The van der Waals surface area contributed by atoms with Crippen molar-refractivity contribution < 1.29 is 14.0 Å². The standard InChI is InChI=1S/C37H38FN5O2/c1-23(44)10-11-25-12-15-30-33(20-25)42(3)36(40-30)37(18-7-19-37)41-35(45)26-13-17-32-29(21-26)24(2)34(31-16-14-27(38)22-39-31)43(32)28-8-5-4-6-9-28/h10-17,20-22,28H,4-9,18-19H2,1-3H3,(H,41,45)/b11-10+. The summed E-state index contributed by atoms with van der Waals surface area (Å²) in [5.41, 5.74) is 6.67. The predicted octanol–water partition coefficient (Wildman–Crippen LogP) is 7.95. The summed E-state index contributed by atoms with van der Waals surface area (Å²) < 4.78 is 18.3. The maximum Gasteiger partial charge on any atom is 0.252 e. The average Bonchev–Trinajstić information content (AvgIpc) is 3.51. The molecule has 2 aromatic carbocycles. The molecule has 2 saturated carbocycles. The third kappa shape index (κ3) is 5.16. The van der Waals surface area contributed by atoms with Gasteiger partial charge in [-0.2, -0.15) is 0 Å². The number of amides is 1. The van der Waals surface area contributed by atoms with Crippen LogP contribution >= 0.6 is 0 Å². The van der Waals surface area contributed by atoms with E-state index >= 15 is 0 Å². The molecule has 0 atom stereocenters. The van der Waals surface area contributed by atoms with Crippen LogP contribution in [0.3, 0.4) is 0 Å². The number of carbonyl (C=O) groups excluding carboxylic acids is 2. The molecule has 0 spiro atoms. The minimum absolute atomic E-state index is 0.000736. The molecule has 0 aliphatic heterocycles. The maximum absolute atomic E-state index is 14.0. The molecule has 0 saturated heterocycles. The number of fused-ring (bicyclic) bond motifs is 2. The molecule has 230 valence electrons. The number of carbonyl (C=O) groups is 2. The fourth-order valence-electron chi connectivity index (χ4n) is 7.34. The minimum atomic E-state index is -0.554. The van der Waals surface area contributed by atoms with E-state index in [2.05, 4.69) is 32.4 Å². The highest BCUT2D eigenvalue weighted by molar-refractivity contribution is 6.01. The van der Waals surface area contributed by atoms with Crippen molar-refractivity contribution in [1.82, 2.24) is 24.4 Å². The summed E-state index contributed by atoms with van der Waals surface area (Å²) in [6.45, 7) is 3.61. The predicted molar refractivity (Wildman–Crippen MR) is 175 cm³/mol. The van der Waals surface area contributed by atoms with Gasteiger partial charge in [0.05, 0.1) is 34.2 Å². The Bertz CT molecular complexity index is 1970. The van der Waals surface area contributed by atoms with E-state index in [1.807, 2.05) is 43.5 Å². The molecule has 2 aliphatic carbocycles. The van der Waals surface area contributed by atoms with Gasteiger partial charge in [0.2, 0.25) is 0 Å². The van der Waals surface area contributed by atoms with E-state index in [9.17, 15) is 14.0 Å². The van der Waals surface area contributed by atoms with Gasteiger partial charge in [0, 0.05) is 29.6 Å². The Kier molecular flexibility index (Phi) is 7.38. The van der Waals surface area contributed by atoms with E-state index in [-0.39, 0.29) is 17.5 Å². The van der Waals surface area contributed by atoms with E-state index in [4.69, 9.17) is 4.98 Å². The number of imidazole rings is 1. The monoisotopic (exact) mass is 603 g/mol. The Balaban J connectivity index is 1.24. The van der Waals surface area contributed by atoms with Gasteiger partial charge in [-0.15, -0.1) is 0 Å². The van der Waals surface area contributed by atoms with Crippen LogP contribution in [0.15, 0.2) is 60.8 Å². The summed E-state index contributed by atoms with van der Waals surface area (Å²) in [4.78, 5) is 34.9. The summed E-state index contributed by atoms with van der Waals surface area (Å²) in [7, 11) is 1.99. The van der Waals surface area contributed by atoms with Gasteiger partial charge in [-0.1, -0.05) is 31.4 Å². The number of nitrogens with one attached hydrogen (secondary N) is 1. The molecule has 3 aromatic heterocycles. The van der Waals surface area contributed by atoms with Crippen molar-refractivity contribution in [2.24, 2.45) is 7.05 Å². The van der Waals surface area contributed by atoms with Gasteiger partial charge in [-0.3, -0.25) is 14.6 Å². The lowest BCUT2D eigenvalue weighted by Crippen LogP contribution is -2.52. The fraction of sp³-hybridized carbons (Fsp3) is 0.351. The molecular formula is C37H38FN5O2. The minimum Gasteiger partial charge on any atom is -0.339 e. The lowest BCUT2D eigenvalue weighted by molar-refractivity contribution is -0.112. The Morgan fingerprint density at radius 1 is 1.00 bits per heavy atom. The summed E-state index contributed by atoms with van der Waals surface area (Å²) in [6, 6.07) is 15.5. The van der Waals surface area contributed by atoms with Gasteiger partial charge in [-0.05, 0) is 106 Å². The van der Waals surface area contributed by atoms with Gasteiger partial charge in [0.15, 0.2) is 5.78 Å². The number of nitrogens with zero attached hydrogens (tertiary/aromatic N) is 4. The number of halogens is 1. The van der Waals surface area contributed by atoms with Crippen LogP contribution in [0.1, 0.15) is 91.6 Å². The number of benzene rings is 2. The van der Waals surface area contributed by atoms with E-state index in [0.29, 0.717) is 11.6 Å². The maximum atomic E-state index is 14.0. The number of hydrogen-bond donors (Lipinski definition) is 1. The number of allylic oxidation sites excluding steroid dienone is 1. The highest BCUT2D eigenvalue weighted by Gasteiger charge is 2.44. The Labute approximate surface area is 262 Å². The van der Waals surface area contributed by atoms with Crippen molar-refractivity contribution in [3.05, 3.63) is 89.1 Å². The third-order valence-corrected chi connectivity index (χ3v) is 9.83. The second kappa shape index (κ2) is 11.4. The topological polar surface area (TPSA) is 81.8 Å². The van der Waals surface area contributed by atoms with Crippen LogP contribution < -0.4 is 5.32 Å². The van der Waals surface area contributed by atoms with Gasteiger partial charge in [-0.25, -0.2) is 9.37 Å². The molecule has 0 bridgehead atoms. The number of aryl methyl sites for hydroxylation is 2. The van der Waals surface area contributed by atoms with Crippen molar-refractivity contribution in [2.75, 3.05) is 0 Å². The number of ketones is 1. The molecule has 2 aliphatic rings. The van der Waals surface area contributed by atoms with Crippen LogP contribution in [0, 0.1) is 12.7 Å². The van der Waals surface area contributed by atoms with Crippen LogP contribution in [-0.4, -0.2) is 30.8 Å². The molecule has 3 heterocycles. The Morgan fingerprint density at radius 3 is 2.49 bits per heavy atom. The molecule has 45 heavy (non-hydrogen) atoms. The zero-order chi connectivity index (χ0) is 31.3. The first kappa shape index (κ1) is 29.1. The van der Waals surface area contributed by atoms with E-state index in [1.165, 1.54) is 38.4 Å². The summed E-state index contributed by atoms with van der Waals surface area (Å²) in [6.07, 6.45) is 13.1. The molecule has 1 N–H and O–H groups in total. The molecule has 2 fully saturated rings. The molecule has 0 unspecified atom stereocenters. The smallest absolute Gasteiger partial charge is 0.252 e. The Morgan fingerprint density at radius 2 is 1.80 bits per heavy atom. The van der Waals surface area contributed by atoms with Crippen molar-refractivity contribution in [3.63, 3.8) is 0 Å². The van der Waals surface area contributed by atoms with Crippen LogP contribution in [-0.2, 0) is 17.4 Å². The lowest BCUT2D eigenvalue weighted by Gasteiger charge is -2.41. The molecule has 1 amide bonds. The first-order valence-electron chi connectivity index (χ1n) is 16.0. The van der Waals surface area contributed by atoms with Gasteiger partial charge >= 0.3 is 0 Å². The zero-order valence-corrected chi connectivity index (χ0v) is 26.1. The fourth-order valence-corrected chi connectivity index (χ4v) is 7.34. The summed E-state index contributed by atoms with van der Waals surface area (Å²) >= 11 is 0. The van der Waals surface area contributed by atoms with Crippen LogP contribution in [0.2, 0.25) is 0 Å². The molecular weight excluding hydrogens is 565 g/mol. The number of pyridine rings is 1. The summed E-state index contributed by atoms with van der Waals surface area (Å²) in [5.74, 6) is 0.362. The first-order valence-corrected chi connectivity index (χ1v) is 16.0. The van der Waals surface area contributed by atoms with Crippen molar-refractivity contribution in [2.45, 2.75) is 76.8 Å². The van der Waals surface area contributed by atoms with E-state index in [1.54, 1.807) is 12.1 Å². The molecule has 7 nitrogen and oxygen atoms in total. The second-order valence-electron chi connectivity index (χ2n) is 12.8. The molecule has 5 aromatic rings. The molecule has 0 radical (unpaired) electrons. The normalized spacial score (nSPS) is 16.8. The van der Waals surface area contributed by atoms with Gasteiger partial charge in [0.1, 0.15) is 11.6 Å². The Hall–Kier alpha value is -4.59. The van der Waals surface area contributed by atoms with Gasteiger partial charge < -0.3 is 14.5 Å². The van der Waals surface area contributed by atoms with Crippen LogP contribution in [0.25, 0.3) is 39.4 Å². The number of hydrogen-bond acceptors (Lipinski definition) is 4. The summed E-state index contributed by atoms with van der Waals surface area (Å²) in [5, 5.41) is 4.40. The van der Waals surface area contributed by atoms with Crippen molar-refractivity contribution >= 4 is 39.7 Å². The second-order valence-corrected chi connectivity index (χ2v) is 12.8. The highest BCUT2D eigenvalue weighted by Crippen LogP contribution is 2.43. The highest BCUT2D eigenvalue weighted by atomic mass is 19.1. The van der Waals surface area contributed by atoms with Crippen molar-refractivity contribution in [3.8, 4) is 11.4 Å². The average molecular weight is 604 g/mol. The lowest BCUT2D eigenvalue weighted by atomic mass is 9.75. The quantitative estimate of drug-likeness (QED) is 0.191. The number of rotatable bonds is 7. The third-order valence-electron chi connectivity index (χ3n) is 9.83. The SMILES string of the molecule is CC(=O)/C=C/c1ccc2nc(C3(NC(=O)c4ccc5c(c4)c(C)c(-c4ccc(F)cn4)n5C4CCCCC4)CCC3)n(C)c2c1. The van der Waals surface area contributed by atoms with Crippen LogP contribution in [0.4, 0.5) is 4.39 Å². The van der Waals surface area contributed by atoms with E-state index in [0.717, 1.165) is 82.4 Å². The van der Waals surface area contributed by atoms with Gasteiger partial charge in [0.25, 0.3) is 5.91 Å². The first-order chi connectivity index (χ1) is 21.7. The molecule has 8 heteroatoms. The molecule has 7 rings (SSSR count). The zero-order valence-electron chi connectivity index (χ0n) is 26.1. The van der Waals surface area contributed by atoms with Crippen LogP contribution in [0.5, 0.6) is 0 Å². The van der Waals surface area contributed by atoms with E-state index < -0.39 is 5.54 Å². The number of aromatic nitrogens is 4.